The van der Waals surface area contributed by atoms with Crippen LogP contribution in [0, 0.1) is 0 Å². The Morgan fingerprint density at radius 1 is 0.808 bits per heavy atom. The molecule has 0 spiro atoms. The van der Waals surface area contributed by atoms with Crippen LogP contribution < -0.4 is 4.74 Å². The predicted octanol–water partition coefficient (Wildman–Crippen LogP) is 5.64. The number of aromatic nitrogens is 2. The molecular formula is C21H15ClN2O2. The van der Waals surface area contributed by atoms with Crippen LogP contribution in [0.2, 0.25) is 5.02 Å². The van der Waals surface area contributed by atoms with Crippen LogP contribution in [-0.2, 0) is 6.61 Å². The smallest absolute Gasteiger partial charge is 0.251 e. The van der Waals surface area contributed by atoms with E-state index in [-0.39, 0.29) is 0 Å². The van der Waals surface area contributed by atoms with E-state index in [2.05, 4.69) is 10.2 Å². The fourth-order valence-electron chi connectivity index (χ4n) is 2.59. The maximum absolute atomic E-state index is 6.03. The lowest BCUT2D eigenvalue weighted by Crippen LogP contribution is -1.97. The zero-order valence-corrected chi connectivity index (χ0v) is 14.6. The summed E-state index contributed by atoms with van der Waals surface area (Å²) < 4.78 is 11.8. The van der Waals surface area contributed by atoms with Crippen molar-refractivity contribution in [3.63, 3.8) is 0 Å². The predicted molar refractivity (Wildman–Crippen MR) is 101 cm³/mol. The highest BCUT2D eigenvalue weighted by Crippen LogP contribution is 2.31. The first-order chi connectivity index (χ1) is 12.8. The van der Waals surface area contributed by atoms with Crippen LogP contribution in [0.4, 0.5) is 0 Å². The van der Waals surface area contributed by atoms with Crippen molar-refractivity contribution in [2.45, 2.75) is 6.61 Å². The summed E-state index contributed by atoms with van der Waals surface area (Å²) in [5, 5.41) is 9.00. The number of hydrogen-bond donors (Lipinski definition) is 0. The molecule has 4 nitrogen and oxygen atoms in total. The van der Waals surface area contributed by atoms with Gasteiger partial charge in [-0.3, -0.25) is 0 Å². The second kappa shape index (κ2) is 7.42. The summed E-state index contributed by atoms with van der Waals surface area (Å²) in [4.78, 5) is 0. The first-order valence-corrected chi connectivity index (χ1v) is 8.53. The van der Waals surface area contributed by atoms with Gasteiger partial charge in [-0.1, -0.05) is 54.1 Å². The van der Waals surface area contributed by atoms with Gasteiger partial charge in [0.05, 0.1) is 5.56 Å². The Labute approximate surface area is 156 Å². The topological polar surface area (TPSA) is 48.2 Å². The SMILES string of the molecule is Clc1cccc(COc2ccccc2-c2nnc(-c3ccccc3)o2)c1. The average molecular weight is 363 g/mol. The molecule has 0 saturated heterocycles. The quantitative estimate of drug-likeness (QED) is 0.461. The highest BCUT2D eigenvalue weighted by molar-refractivity contribution is 6.30. The van der Waals surface area contributed by atoms with Gasteiger partial charge < -0.3 is 9.15 Å². The molecule has 4 rings (SSSR count). The number of ether oxygens (including phenoxy) is 1. The summed E-state index contributed by atoms with van der Waals surface area (Å²) in [5.41, 5.74) is 2.62. The van der Waals surface area contributed by atoms with Crippen molar-refractivity contribution in [1.82, 2.24) is 10.2 Å². The molecule has 0 aliphatic heterocycles. The van der Waals surface area contributed by atoms with Gasteiger partial charge in [-0.25, -0.2) is 0 Å². The van der Waals surface area contributed by atoms with E-state index in [1.54, 1.807) is 0 Å². The van der Waals surface area contributed by atoms with Gasteiger partial charge in [-0.05, 0) is 42.0 Å². The van der Waals surface area contributed by atoms with Crippen molar-refractivity contribution in [2.75, 3.05) is 0 Å². The Kier molecular flexibility index (Phi) is 4.67. The molecule has 0 amide bonds. The van der Waals surface area contributed by atoms with Gasteiger partial charge in [-0.2, -0.15) is 0 Å². The van der Waals surface area contributed by atoms with Gasteiger partial charge in [0.1, 0.15) is 12.4 Å². The molecule has 0 fully saturated rings. The largest absolute Gasteiger partial charge is 0.488 e. The third-order valence-electron chi connectivity index (χ3n) is 3.85. The molecule has 0 radical (unpaired) electrons. The molecule has 0 aliphatic rings. The minimum absolute atomic E-state index is 0.400. The van der Waals surface area contributed by atoms with Crippen molar-refractivity contribution in [3.8, 4) is 28.7 Å². The second-order valence-electron chi connectivity index (χ2n) is 5.69. The monoisotopic (exact) mass is 362 g/mol. The maximum Gasteiger partial charge on any atom is 0.251 e. The van der Waals surface area contributed by atoms with Crippen molar-refractivity contribution >= 4 is 11.6 Å². The number of para-hydroxylation sites is 1. The highest BCUT2D eigenvalue weighted by Gasteiger charge is 2.14. The molecular weight excluding hydrogens is 348 g/mol. The third-order valence-corrected chi connectivity index (χ3v) is 4.08. The standard InChI is InChI=1S/C21H15ClN2O2/c22-17-10-6-7-15(13-17)14-25-19-12-5-4-11-18(19)21-24-23-20(26-21)16-8-2-1-3-9-16/h1-13H,14H2. The van der Waals surface area contributed by atoms with Crippen LogP contribution in [0.25, 0.3) is 22.9 Å². The van der Waals surface area contributed by atoms with Gasteiger partial charge in [0, 0.05) is 10.6 Å². The first-order valence-electron chi connectivity index (χ1n) is 8.15. The van der Waals surface area contributed by atoms with Gasteiger partial charge in [0.25, 0.3) is 5.89 Å². The van der Waals surface area contributed by atoms with Gasteiger partial charge in [-0.15, -0.1) is 10.2 Å². The molecule has 128 valence electrons. The summed E-state index contributed by atoms with van der Waals surface area (Å²) in [6.45, 7) is 0.400. The van der Waals surface area contributed by atoms with Crippen molar-refractivity contribution in [1.29, 1.82) is 0 Å². The van der Waals surface area contributed by atoms with Crippen molar-refractivity contribution < 1.29 is 9.15 Å². The normalized spacial score (nSPS) is 10.7. The fraction of sp³-hybridized carbons (Fsp3) is 0.0476. The third kappa shape index (κ3) is 3.60. The van der Waals surface area contributed by atoms with Crippen molar-refractivity contribution in [2.24, 2.45) is 0 Å². The average Bonchev–Trinajstić information content (AvgIpc) is 3.17. The molecule has 26 heavy (non-hydrogen) atoms. The summed E-state index contributed by atoms with van der Waals surface area (Å²) in [7, 11) is 0. The van der Waals surface area contributed by atoms with Crippen LogP contribution in [0.5, 0.6) is 5.75 Å². The van der Waals surface area contributed by atoms with Crippen LogP contribution in [-0.4, -0.2) is 10.2 Å². The zero-order valence-electron chi connectivity index (χ0n) is 13.8. The summed E-state index contributed by atoms with van der Waals surface area (Å²) >= 11 is 6.03. The van der Waals surface area contributed by atoms with E-state index in [1.165, 1.54) is 0 Å². The molecule has 0 bridgehead atoms. The lowest BCUT2D eigenvalue weighted by Gasteiger charge is -2.09. The summed E-state index contributed by atoms with van der Waals surface area (Å²) in [6, 6.07) is 24.8. The molecule has 4 aromatic rings. The Bertz CT molecular complexity index is 1020. The minimum atomic E-state index is 0.400. The Morgan fingerprint density at radius 2 is 1.58 bits per heavy atom. The van der Waals surface area contributed by atoms with E-state index in [9.17, 15) is 0 Å². The molecule has 0 unspecified atom stereocenters. The number of hydrogen-bond acceptors (Lipinski definition) is 4. The van der Waals surface area contributed by atoms with Gasteiger partial charge in [0.2, 0.25) is 5.89 Å². The lowest BCUT2D eigenvalue weighted by molar-refractivity contribution is 0.306. The van der Waals surface area contributed by atoms with E-state index in [4.69, 9.17) is 20.8 Å². The number of halogens is 1. The molecule has 3 aromatic carbocycles. The molecule has 0 N–H and O–H groups in total. The maximum atomic E-state index is 6.03. The Morgan fingerprint density at radius 3 is 2.42 bits per heavy atom. The first kappa shape index (κ1) is 16.4. The summed E-state index contributed by atoms with van der Waals surface area (Å²) in [5.74, 6) is 1.58. The highest BCUT2D eigenvalue weighted by atomic mass is 35.5. The number of rotatable bonds is 5. The minimum Gasteiger partial charge on any atom is -0.488 e. The van der Waals surface area contributed by atoms with E-state index in [0.717, 1.165) is 16.7 Å². The van der Waals surface area contributed by atoms with Gasteiger partial charge in [0.15, 0.2) is 0 Å². The zero-order chi connectivity index (χ0) is 17.8. The molecule has 1 heterocycles. The van der Waals surface area contributed by atoms with Crippen LogP contribution >= 0.6 is 11.6 Å². The van der Waals surface area contributed by atoms with E-state index >= 15 is 0 Å². The van der Waals surface area contributed by atoms with E-state index in [0.29, 0.717) is 29.2 Å². The van der Waals surface area contributed by atoms with Crippen LogP contribution in [0.15, 0.2) is 83.3 Å². The van der Waals surface area contributed by atoms with E-state index < -0.39 is 0 Å². The molecule has 0 aliphatic carbocycles. The van der Waals surface area contributed by atoms with Crippen molar-refractivity contribution in [3.05, 3.63) is 89.4 Å². The van der Waals surface area contributed by atoms with Crippen LogP contribution in [0.3, 0.4) is 0 Å². The number of nitrogens with zero attached hydrogens (tertiary/aromatic N) is 2. The lowest BCUT2D eigenvalue weighted by atomic mass is 10.2. The molecule has 1 aromatic heterocycles. The molecule has 5 heteroatoms. The number of benzene rings is 3. The Balaban J connectivity index is 1.59. The van der Waals surface area contributed by atoms with Gasteiger partial charge >= 0.3 is 0 Å². The summed E-state index contributed by atoms with van der Waals surface area (Å²) in [6.07, 6.45) is 0. The molecule has 0 atom stereocenters. The van der Waals surface area contributed by atoms with Crippen LogP contribution in [0.1, 0.15) is 5.56 Å². The molecule has 0 saturated carbocycles. The fourth-order valence-corrected chi connectivity index (χ4v) is 2.80. The van der Waals surface area contributed by atoms with E-state index in [1.807, 2.05) is 78.9 Å². The second-order valence-corrected chi connectivity index (χ2v) is 6.13. The Hall–Kier alpha value is -3.11.